The van der Waals surface area contributed by atoms with Crippen molar-refractivity contribution >= 4 is 164 Å². The molecule has 134 heavy (non-hydrogen) atoms. The van der Waals surface area contributed by atoms with Gasteiger partial charge in [0.2, 0.25) is 34.1 Å². The predicted molar refractivity (Wildman–Crippen MR) is 561 cm³/mol. The predicted octanol–water partition coefficient (Wildman–Crippen LogP) is 30.9. The third kappa shape index (κ3) is 15.8. The molecule has 0 aliphatic heterocycles. The summed E-state index contributed by atoms with van der Waals surface area (Å²) in [7, 11) is 9.86. The number of aromatic nitrogens is 7. The molecule has 0 radical (unpaired) electrons. The van der Waals surface area contributed by atoms with Crippen molar-refractivity contribution in [3.05, 3.63) is 378 Å². The molecule has 25 aromatic rings. The summed E-state index contributed by atoms with van der Waals surface area (Å²) in [4.78, 5) is 9.14. The van der Waals surface area contributed by atoms with Crippen molar-refractivity contribution in [2.75, 3.05) is 0 Å². The van der Waals surface area contributed by atoms with E-state index in [1.54, 1.807) is 71.2 Å². The molecule has 664 valence electrons. The highest BCUT2D eigenvalue weighted by molar-refractivity contribution is 6.25. The number of hydrogen-bond acceptors (Lipinski definition) is 7. The highest BCUT2D eigenvalue weighted by Crippen LogP contribution is 2.46. The first-order chi connectivity index (χ1) is 67.6. The first-order valence-electron chi connectivity index (χ1n) is 49.0. The lowest BCUT2D eigenvalue weighted by atomic mass is 9.96. The van der Waals surface area contributed by atoms with Crippen LogP contribution in [0.5, 0.6) is 0 Å². The standard InChI is InChI=1S/C25H22NO.C24H21N2O.2C23H18NO.C22H17N2O.5CH4/c1-15-9-11-19(16(2)13-15)24-23-22-20-8-6-5-7-18(20)10-12-21(22)27-25(23)17(3)14-26(24)4;1-14-7-8-17(15(2)12-14)23-24-21(16(3)13-26(23)4)22-18-6-5-11-25-19(18)9-10-20(22)27-24;1-15-7-3-6-10-18(15)23-22-19-13-16-8-4-5-9-17(16)14-21(19)25-20(22)11-12-24(23)2;1-15-7-3-5-9-17(15)23-22-20(13-14-24(23)2)25-19-12-11-16-8-4-6-10-18(16)21(19)22;1-14-7-3-5-9-16(14)21-20-17-13-15-8-4-6-10-18(15)23-22(17)25-19(20)11-12-24(21)2;;;;;/h5-14H,1-4H3;5-13H,1-4H3;2*3-14H,1-2H3;3-13H,1-2H3;5*1H4/q5*+1;;;;;/i2*1D3,3D3;;;;;;;;. The number of rotatable bonds is 5. The van der Waals surface area contributed by atoms with Gasteiger partial charge < -0.3 is 22.1 Å². The zero-order valence-electron chi connectivity index (χ0n) is 84.8. The van der Waals surface area contributed by atoms with Gasteiger partial charge in [0, 0.05) is 106 Å². The average Bonchev–Trinajstić information content (AvgIpc) is 1.60. The quantitative estimate of drug-likeness (QED) is 0.158. The molecule has 13 aromatic carbocycles. The number of para-hydroxylation sites is 1. The fourth-order valence-corrected chi connectivity index (χ4v) is 19.1. The summed E-state index contributed by atoms with van der Waals surface area (Å²) in [6.45, 7) is 1.03. The van der Waals surface area contributed by atoms with Crippen molar-refractivity contribution in [2.24, 2.45) is 35.2 Å². The molecule has 0 unspecified atom stereocenters. The third-order valence-electron chi connectivity index (χ3n) is 25.2. The highest BCUT2D eigenvalue weighted by Gasteiger charge is 2.31. The van der Waals surface area contributed by atoms with Gasteiger partial charge in [-0.15, -0.1) is 0 Å². The molecule has 0 spiro atoms. The second-order valence-corrected chi connectivity index (χ2v) is 33.5. The van der Waals surface area contributed by atoms with Gasteiger partial charge in [0.15, 0.2) is 36.6 Å². The van der Waals surface area contributed by atoms with Gasteiger partial charge in [0.1, 0.15) is 95.9 Å². The van der Waals surface area contributed by atoms with E-state index in [9.17, 15) is 0 Å². The van der Waals surface area contributed by atoms with Crippen molar-refractivity contribution in [1.82, 2.24) is 9.97 Å². The highest BCUT2D eigenvalue weighted by atomic mass is 16.3. The molecule has 0 N–H and O–H groups in total. The normalized spacial score (nSPS) is 12.9. The monoisotopic (exact) mass is 1770 g/mol. The molecule has 0 aliphatic rings. The Morgan fingerprint density at radius 2 is 0.657 bits per heavy atom. The molecule has 25 rings (SSSR count). The SMILES string of the molecule is C.C.C.C.C.Cc1ccccc1-c1c2c(cc[n+]1C)oc1cc3ccccc3cc12.Cc1ccccc1-c1c2c(cc[n+]1C)oc1ccc3ccccc3c12.Cc1ccccc1-c1c2c(cc[n+]1C)oc1nc3ccccc3cc12.[2H]C([2H])([2H])c1ccc(-c2c3c(oc4ccc5ccccc5c43)c(C([2H])([2H])[2H])c[n+]2C)c(C)c1.[2H]C([2H])([2H])c1ccc(-c2c3oc4ccc5ncccc5c4c3c(C([2H])([2H])[2H])c[n+]2C)c(C)c1. The zero-order chi connectivity index (χ0) is 98.3. The zero-order valence-corrected chi connectivity index (χ0v) is 72.8. The average molecular weight is 1770 g/mol. The van der Waals surface area contributed by atoms with Crippen molar-refractivity contribution < 1.29 is 61.4 Å². The van der Waals surface area contributed by atoms with Crippen molar-refractivity contribution in [3.63, 3.8) is 0 Å². The minimum Gasteiger partial charge on any atom is -0.456 e. The molecule has 0 fully saturated rings. The number of hydrogen-bond donors (Lipinski definition) is 0. The van der Waals surface area contributed by atoms with Gasteiger partial charge in [-0.05, 0) is 207 Å². The Kier molecular flexibility index (Phi) is 21.2. The van der Waals surface area contributed by atoms with Crippen LogP contribution in [0.3, 0.4) is 0 Å². The van der Waals surface area contributed by atoms with Gasteiger partial charge >= 0.3 is 0 Å². The number of fused-ring (bicyclic) bond motifs is 23. The Morgan fingerprint density at radius 1 is 0.246 bits per heavy atom. The summed E-state index contributed by atoms with van der Waals surface area (Å²) in [6.07, 6.45) is 11.1. The summed E-state index contributed by atoms with van der Waals surface area (Å²) < 4.78 is 136. The lowest BCUT2D eigenvalue weighted by Crippen LogP contribution is -2.31. The summed E-state index contributed by atoms with van der Waals surface area (Å²) in [6, 6.07) is 96.8. The Balaban J connectivity index is 0.000000130. The minimum absolute atomic E-state index is 0. The molecule has 0 saturated carbocycles. The fraction of sp³-hybridized carbons (Fsp3) is 0.156. The summed E-state index contributed by atoms with van der Waals surface area (Å²) in [5.74, 6) is 0. The maximum Gasteiger partial charge on any atom is 0.256 e. The number of furan rings is 5. The molecule has 0 bridgehead atoms. The Labute approximate surface area is 800 Å². The topological polar surface area (TPSA) is 111 Å². The van der Waals surface area contributed by atoms with Crippen LogP contribution in [0.25, 0.3) is 220 Å². The molecule has 0 saturated heterocycles. The Bertz CT molecular complexity index is 9210. The van der Waals surface area contributed by atoms with Crippen LogP contribution in [0.2, 0.25) is 0 Å². The van der Waals surface area contributed by atoms with Crippen LogP contribution in [0.4, 0.5) is 0 Å². The Hall–Kier alpha value is -15.8. The van der Waals surface area contributed by atoms with Crippen LogP contribution in [-0.2, 0) is 35.2 Å². The molecule has 12 heterocycles. The number of nitrogens with zero attached hydrogens (tertiary/aromatic N) is 7. The van der Waals surface area contributed by atoms with Crippen LogP contribution >= 0.6 is 0 Å². The van der Waals surface area contributed by atoms with Crippen molar-refractivity contribution in [2.45, 2.75) is 99.2 Å². The lowest BCUT2D eigenvalue weighted by molar-refractivity contribution is -0.659. The molecule has 12 heteroatoms. The molecule has 0 amide bonds. The Morgan fingerprint density at radius 3 is 1.22 bits per heavy atom. The second-order valence-electron chi connectivity index (χ2n) is 33.5. The van der Waals surface area contributed by atoms with E-state index in [-0.39, 0.29) is 59.4 Å². The second kappa shape index (κ2) is 36.9. The molecule has 12 nitrogen and oxygen atoms in total. The molecule has 0 atom stereocenters. The van der Waals surface area contributed by atoms with Gasteiger partial charge in [-0.1, -0.05) is 236 Å². The number of benzene rings is 13. The van der Waals surface area contributed by atoms with E-state index in [1.807, 2.05) is 112 Å². The van der Waals surface area contributed by atoms with Crippen LogP contribution in [-0.4, -0.2) is 9.97 Å². The van der Waals surface area contributed by atoms with Gasteiger partial charge in [-0.25, -0.2) is 18.7 Å². The lowest BCUT2D eigenvalue weighted by Gasteiger charge is -2.08. The maximum absolute atomic E-state index is 8.19. The molecule has 12 aromatic heterocycles. The van der Waals surface area contributed by atoms with Crippen LogP contribution in [0, 0.1) is 62.0 Å². The van der Waals surface area contributed by atoms with E-state index in [0.29, 0.717) is 49.9 Å². The largest absolute Gasteiger partial charge is 0.456 e. The summed E-state index contributed by atoms with van der Waals surface area (Å²) in [5, 5.41) is 18.5. The van der Waals surface area contributed by atoms with Crippen molar-refractivity contribution in [3.8, 4) is 56.3 Å². The van der Waals surface area contributed by atoms with E-state index in [4.69, 9.17) is 43.5 Å². The van der Waals surface area contributed by atoms with Crippen LogP contribution in [0.1, 0.15) is 104 Å². The first-order valence-corrected chi connectivity index (χ1v) is 43.0. The maximum atomic E-state index is 8.19. The summed E-state index contributed by atoms with van der Waals surface area (Å²) >= 11 is 0. The van der Waals surface area contributed by atoms with E-state index >= 15 is 0 Å². The molecule has 0 aliphatic carbocycles. The van der Waals surface area contributed by atoms with E-state index in [2.05, 4.69) is 243 Å². The van der Waals surface area contributed by atoms with E-state index in [0.717, 1.165) is 110 Å². The third-order valence-corrected chi connectivity index (χ3v) is 25.2. The van der Waals surface area contributed by atoms with Gasteiger partial charge in [-0.3, -0.25) is 4.98 Å². The first kappa shape index (κ1) is 77.0. The van der Waals surface area contributed by atoms with Crippen LogP contribution < -0.4 is 22.8 Å². The van der Waals surface area contributed by atoms with E-state index in [1.165, 1.54) is 87.9 Å². The van der Waals surface area contributed by atoms with Gasteiger partial charge in [-0.2, -0.15) is 9.13 Å². The van der Waals surface area contributed by atoms with Gasteiger partial charge in [0.25, 0.3) is 5.69 Å². The fourth-order valence-electron chi connectivity index (χ4n) is 19.1. The smallest absolute Gasteiger partial charge is 0.256 e. The van der Waals surface area contributed by atoms with E-state index < -0.39 is 27.4 Å². The number of pyridine rings is 7. The minimum atomic E-state index is -2.37. The molecular weight excluding hydrogens is 1640 g/mol. The molecular formula is C122H116N7O5+5. The summed E-state index contributed by atoms with van der Waals surface area (Å²) in [5.41, 5.74) is 25.4. The van der Waals surface area contributed by atoms with Crippen molar-refractivity contribution in [1.29, 1.82) is 0 Å². The number of aryl methyl sites for hydroxylation is 14. The van der Waals surface area contributed by atoms with Crippen LogP contribution in [0.15, 0.2) is 350 Å². The van der Waals surface area contributed by atoms with Gasteiger partial charge in [0.05, 0.1) is 27.5 Å².